The molecule has 0 bridgehead atoms. The Balaban J connectivity index is 1.73. The minimum atomic E-state index is -0.164. The fourth-order valence-corrected chi connectivity index (χ4v) is 3.30. The predicted molar refractivity (Wildman–Crippen MR) is 88.5 cm³/mol. The summed E-state index contributed by atoms with van der Waals surface area (Å²) in [7, 11) is 0. The molecule has 1 aromatic heterocycles. The summed E-state index contributed by atoms with van der Waals surface area (Å²) in [5, 5.41) is 4.10. The van der Waals surface area contributed by atoms with Gasteiger partial charge in [-0.05, 0) is 43.2 Å². The second kappa shape index (κ2) is 6.76. The monoisotopic (exact) mass is 337 g/mol. The lowest BCUT2D eigenvalue weighted by Crippen LogP contribution is -2.35. The summed E-state index contributed by atoms with van der Waals surface area (Å²) in [6, 6.07) is 8.87. The van der Waals surface area contributed by atoms with Gasteiger partial charge in [0.05, 0.1) is 5.02 Å². The topological polar surface area (TPSA) is 42.2 Å². The molecule has 1 saturated carbocycles. The van der Waals surface area contributed by atoms with Gasteiger partial charge in [-0.15, -0.1) is 0 Å². The Morgan fingerprint density at radius 2 is 1.86 bits per heavy atom. The summed E-state index contributed by atoms with van der Waals surface area (Å²) in [5.74, 6) is 0.713. The van der Waals surface area contributed by atoms with Crippen molar-refractivity contribution < 1.29 is 9.21 Å². The Kier molecular flexibility index (Phi) is 4.74. The summed E-state index contributed by atoms with van der Waals surface area (Å²) < 4.78 is 5.65. The highest BCUT2D eigenvalue weighted by molar-refractivity contribution is 6.36. The fourth-order valence-electron chi connectivity index (χ4n) is 2.80. The maximum atomic E-state index is 12.2. The molecule has 1 fully saturated rings. The zero-order chi connectivity index (χ0) is 15.5. The highest BCUT2D eigenvalue weighted by Gasteiger charge is 2.19. The van der Waals surface area contributed by atoms with E-state index in [0.29, 0.717) is 21.6 Å². The first-order valence-electron chi connectivity index (χ1n) is 7.49. The van der Waals surface area contributed by atoms with E-state index in [9.17, 15) is 4.79 Å². The van der Waals surface area contributed by atoms with Gasteiger partial charge in [-0.3, -0.25) is 4.79 Å². The van der Waals surface area contributed by atoms with Crippen molar-refractivity contribution in [1.82, 2.24) is 5.32 Å². The molecule has 1 heterocycles. The minimum Gasteiger partial charge on any atom is -0.451 e. The quantitative estimate of drug-likeness (QED) is 0.823. The molecule has 1 aromatic carbocycles. The molecule has 0 unspecified atom stereocenters. The van der Waals surface area contributed by atoms with Crippen molar-refractivity contribution in [1.29, 1.82) is 0 Å². The molecule has 0 saturated heterocycles. The van der Waals surface area contributed by atoms with Gasteiger partial charge < -0.3 is 9.73 Å². The van der Waals surface area contributed by atoms with Gasteiger partial charge in [0.1, 0.15) is 5.76 Å². The molecule has 1 aliphatic carbocycles. The lowest BCUT2D eigenvalue weighted by atomic mass is 9.95. The molecule has 3 nitrogen and oxygen atoms in total. The number of hydrogen-bond acceptors (Lipinski definition) is 2. The van der Waals surface area contributed by atoms with Crippen LogP contribution in [-0.2, 0) is 0 Å². The highest BCUT2D eigenvalue weighted by atomic mass is 35.5. The van der Waals surface area contributed by atoms with E-state index in [1.165, 1.54) is 19.3 Å². The van der Waals surface area contributed by atoms with Crippen LogP contribution in [0.15, 0.2) is 34.7 Å². The van der Waals surface area contributed by atoms with Crippen LogP contribution in [0.5, 0.6) is 0 Å². The van der Waals surface area contributed by atoms with Crippen molar-refractivity contribution in [2.75, 3.05) is 0 Å². The van der Waals surface area contributed by atoms with Crippen LogP contribution in [0.1, 0.15) is 42.7 Å². The first kappa shape index (κ1) is 15.4. The fraction of sp³-hybridized carbons (Fsp3) is 0.353. The second-order valence-electron chi connectivity index (χ2n) is 5.60. The Morgan fingerprint density at radius 3 is 2.59 bits per heavy atom. The van der Waals surface area contributed by atoms with Gasteiger partial charge >= 0.3 is 0 Å². The van der Waals surface area contributed by atoms with Crippen LogP contribution in [-0.4, -0.2) is 11.9 Å². The normalized spacial score (nSPS) is 15.7. The highest BCUT2D eigenvalue weighted by Crippen LogP contribution is 2.31. The number of amides is 1. The standard InChI is InChI=1S/C17H17Cl2NO2/c18-11-6-7-13(14(19)10-11)15-8-9-16(22-15)17(21)20-12-4-2-1-3-5-12/h6-10,12H,1-5H2,(H,20,21). The van der Waals surface area contributed by atoms with Gasteiger partial charge in [0.25, 0.3) is 5.91 Å². The van der Waals surface area contributed by atoms with Gasteiger partial charge in [0.2, 0.25) is 0 Å². The van der Waals surface area contributed by atoms with Crippen LogP contribution in [0.4, 0.5) is 0 Å². The first-order chi connectivity index (χ1) is 10.6. The van der Waals surface area contributed by atoms with E-state index >= 15 is 0 Å². The molecule has 1 aliphatic rings. The number of carbonyl (C=O) groups is 1. The van der Waals surface area contributed by atoms with Crippen molar-refractivity contribution >= 4 is 29.1 Å². The number of nitrogens with one attached hydrogen (secondary N) is 1. The lowest BCUT2D eigenvalue weighted by Gasteiger charge is -2.22. The van der Waals surface area contributed by atoms with E-state index in [1.807, 2.05) is 0 Å². The van der Waals surface area contributed by atoms with E-state index in [0.717, 1.165) is 18.4 Å². The summed E-state index contributed by atoms with van der Waals surface area (Å²) in [4.78, 5) is 12.2. The van der Waals surface area contributed by atoms with Gasteiger partial charge in [-0.25, -0.2) is 0 Å². The molecule has 22 heavy (non-hydrogen) atoms. The van der Waals surface area contributed by atoms with E-state index in [4.69, 9.17) is 27.6 Å². The maximum absolute atomic E-state index is 12.2. The molecular formula is C17H17Cl2NO2. The van der Waals surface area contributed by atoms with Crippen molar-refractivity contribution in [3.05, 3.63) is 46.1 Å². The summed E-state index contributed by atoms with van der Waals surface area (Å²) >= 11 is 12.1. The molecule has 5 heteroatoms. The van der Waals surface area contributed by atoms with Gasteiger partial charge in [-0.2, -0.15) is 0 Å². The van der Waals surface area contributed by atoms with E-state index in [-0.39, 0.29) is 11.9 Å². The number of rotatable bonds is 3. The van der Waals surface area contributed by atoms with Crippen LogP contribution < -0.4 is 5.32 Å². The number of carbonyl (C=O) groups excluding carboxylic acids is 1. The second-order valence-corrected chi connectivity index (χ2v) is 6.44. The van der Waals surface area contributed by atoms with Crippen molar-refractivity contribution in [2.45, 2.75) is 38.1 Å². The molecule has 0 radical (unpaired) electrons. The number of halogens is 2. The molecule has 0 aliphatic heterocycles. The predicted octanol–water partition coefficient (Wildman–Crippen LogP) is 5.32. The van der Waals surface area contributed by atoms with Crippen molar-refractivity contribution in [3.8, 4) is 11.3 Å². The van der Waals surface area contributed by atoms with Crippen LogP contribution in [0.3, 0.4) is 0 Å². The maximum Gasteiger partial charge on any atom is 0.287 e. The SMILES string of the molecule is O=C(NC1CCCCC1)c1ccc(-c2ccc(Cl)cc2Cl)o1. The number of hydrogen-bond donors (Lipinski definition) is 1. The number of furan rings is 1. The minimum absolute atomic E-state index is 0.164. The van der Waals surface area contributed by atoms with E-state index < -0.39 is 0 Å². The third-order valence-electron chi connectivity index (χ3n) is 3.97. The molecule has 3 rings (SSSR count). The van der Waals surface area contributed by atoms with Gasteiger partial charge in [0, 0.05) is 16.6 Å². The van der Waals surface area contributed by atoms with Gasteiger partial charge in [-0.1, -0.05) is 42.5 Å². The zero-order valence-electron chi connectivity index (χ0n) is 12.1. The molecule has 116 valence electrons. The van der Waals surface area contributed by atoms with Crippen LogP contribution in [0.2, 0.25) is 10.0 Å². The van der Waals surface area contributed by atoms with Crippen LogP contribution in [0.25, 0.3) is 11.3 Å². The molecule has 0 spiro atoms. The van der Waals surface area contributed by atoms with Crippen LogP contribution >= 0.6 is 23.2 Å². The Morgan fingerprint density at radius 1 is 1.09 bits per heavy atom. The average molecular weight is 338 g/mol. The average Bonchev–Trinajstić information content (AvgIpc) is 2.98. The number of benzene rings is 1. The Labute approximate surface area is 139 Å². The lowest BCUT2D eigenvalue weighted by molar-refractivity contribution is 0.0900. The summed E-state index contributed by atoms with van der Waals surface area (Å²) in [5.41, 5.74) is 0.725. The third kappa shape index (κ3) is 3.47. The largest absolute Gasteiger partial charge is 0.451 e. The first-order valence-corrected chi connectivity index (χ1v) is 8.25. The summed E-state index contributed by atoms with van der Waals surface area (Å²) in [6.45, 7) is 0. The zero-order valence-corrected chi connectivity index (χ0v) is 13.6. The molecule has 0 atom stereocenters. The van der Waals surface area contributed by atoms with Crippen molar-refractivity contribution in [3.63, 3.8) is 0 Å². The van der Waals surface area contributed by atoms with E-state index in [2.05, 4.69) is 5.32 Å². The van der Waals surface area contributed by atoms with Crippen LogP contribution in [0, 0.1) is 0 Å². The Hall–Kier alpha value is -1.45. The van der Waals surface area contributed by atoms with E-state index in [1.54, 1.807) is 30.3 Å². The molecule has 1 N–H and O–H groups in total. The molecule has 1 amide bonds. The molecular weight excluding hydrogens is 321 g/mol. The van der Waals surface area contributed by atoms with Gasteiger partial charge in [0.15, 0.2) is 5.76 Å². The molecule has 2 aromatic rings. The Bertz CT molecular complexity index is 675. The third-order valence-corrected chi connectivity index (χ3v) is 4.51. The summed E-state index contributed by atoms with van der Waals surface area (Å²) in [6.07, 6.45) is 5.69. The smallest absolute Gasteiger partial charge is 0.287 e. The van der Waals surface area contributed by atoms with Crippen molar-refractivity contribution in [2.24, 2.45) is 0 Å².